The minimum atomic E-state index is -0.0701. The van der Waals surface area contributed by atoms with Crippen molar-refractivity contribution in [2.24, 2.45) is 0 Å². The molecule has 0 unspecified atom stereocenters. The minimum absolute atomic E-state index is 0.0701. The summed E-state index contributed by atoms with van der Waals surface area (Å²) in [6.45, 7) is 0. The number of rotatable bonds is 2. The molecule has 0 saturated carbocycles. The minimum Gasteiger partial charge on any atom is -0.286 e. The molecule has 3 rings (SSSR count). The highest BCUT2D eigenvalue weighted by molar-refractivity contribution is 7.20. The number of fused-ring (bicyclic) bond motifs is 1. The number of para-hydroxylation sites is 1. The van der Waals surface area contributed by atoms with E-state index in [0.29, 0.717) is 10.6 Å². The molecular weight excluding hydrogens is 232 g/mol. The zero-order chi connectivity index (χ0) is 11.7. The highest BCUT2D eigenvalue weighted by atomic mass is 32.1. The second-order valence-corrected chi connectivity index (χ2v) is 4.59. The van der Waals surface area contributed by atoms with Crippen LogP contribution in [0.25, 0.3) is 10.2 Å². The molecule has 82 valence electrons. The van der Waals surface area contributed by atoms with Crippen LogP contribution >= 0.6 is 11.3 Å². The molecule has 0 aliphatic carbocycles. The van der Waals surface area contributed by atoms with Crippen LogP contribution in [0.15, 0.2) is 48.8 Å². The Morgan fingerprint density at radius 1 is 1.12 bits per heavy atom. The molecule has 0 fully saturated rings. The van der Waals surface area contributed by atoms with Crippen molar-refractivity contribution < 1.29 is 4.79 Å². The molecule has 17 heavy (non-hydrogen) atoms. The fraction of sp³-hybridized carbons (Fsp3) is 0. The molecule has 3 nitrogen and oxygen atoms in total. The molecule has 1 aromatic carbocycles. The zero-order valence-electron chi connectivity index (χ0n) is 8.83. The lowest BCUT2D eigenvalue weighted by Crippen LogP contribution is -2.00. The van der Waals surface area contributed by atoms with Gasteiger partial charge in [0.15, 0.2) is 5.01 Å². The summed E-state index contributed by atoms with van der Waals surface area (Å²) in [6, 6.07) is 11.2. The maximum absolute atomic E-state index is 12.1. The van der Waals surface area contributed by atoms with E-state index in [2.05, 4.69) is 9.97 Å². The number of nitrogens with zero attached hydrogens (tertiary/aromatic N) is 2. The predicted molar refractivity (Wildman–Crippen MR) is 67.3 cm³/mol. The molecule has 0 radical (unpaired) electrons. The number of benzene rings is 1. The van der Waals surface area contributed by atoms with E-state index >= 15 is 0 Å². The Hall–Kier alpha value is -2.07. The molecule has 2 aromatic heterocycles. The fourth-order valence-electron chi connectivity index (χ4n) is 1.59. The molecule has 0 amide bonds. The Kier molecular flexibility index (Phi) is 2.42. The van der Waals surface area contributed by atoms with Crippen molar-refractivity contribution in [1.29, 1.82) is 0 Å². The Morgan fingerprint density at radius 2 is 2.00 bits per heavy atom. The summed E-state index contributed by atoms with van der Waals surface area (Å²) in [5, 5.41) is 0.513. The highest BCUT2D eigenvalue weighted by Gasteiger charge is 2.13. The van der Waals surface area contributed by atoms with Crippen LogP contribution in [0.1, 0.15) is 15.4 Å². The van der Waals surface area contributed by atoms with Gasteiger partial charge in [-0.25, -0.2) is 4.98 Å². The average Bonchev–Trinajstić information content (AvgIpc) is 2.82. The number of pyridine rings is 1. The van der Waals surface area contributed by atoms with Crippen LogP contribution in [-0.2, 0) is 0 Å². The first kappa shape index (κ1) is 10.1. The summed E-state index contributed by atoms with van der Waals surface area (Å²) in [5.41, 5.74) is 1.44. The van der Waals surface area contributed by atoms with Gasteiger partial charge in [0, 0.05) is 18.0 Å². The third-order valence-electron chi connectivity index (χ3n) is 2.41. The lowest BCUT2D eigenvalue weighted by atomic mass is 10.2. The lowest BCUT2D eigenvalue weighted by Gasteiger charge is -1.94. The third kappa shape index (κ3) is 1.83. The first-order chi connectivity index (χ1) is 8.34. The van der Waals surface area contributed by atoms with Gasteiger partial charge >= 0.3 is 0 Å². The van der Waals surface area contributed by atoms with Crippen LogP contribution in [0.5, 0.6) is 0 Å². The molecule has 4 heteroatoms. The average molecular weight is 240 g/mol. The lowest BCUT2D eigenvalue weighted by molar-refractivity contribution is 0.103. The normalized spacial score (nSPS) is 10.6. The maximum Gasteiger partial charge on any atom is 0.223 e. The number of ketones is 1. The number of aromatic nitrogens is 2. The van der Waals surface area contributed by atoms with Crippen LogP contribution < -0.4 is 0 Å². The number of carbonyl (C=O) groups excluding carboxylic acids is 1. The summed E-state index contributed by atoms with van der Waals surface area (Å²) >= 11 is 1.41. The number of thiazole rings is 1. The van der Waals surface area contributed by atoms with Crippen molar-refractivity contribution in [3.8, 4) is 0 Å². The second-order valence-electron chi connectivity index (χ2n) is 3.56. The standard InChI is InChI=1S/C13H8N2OS/c16-12(9-4-3-7-14-8-9)13-15-10-5-1-2-6-11(10)17-13/h1-8H. The van der Waals surface area contributed by atoms with E-state index in [4.69, 9.17) is 0 Å². The Balaban J connectivity index is 2.07. The summed E-state index contributed by atoms with van der Waals surface area (Å²) in [7, 11) is 0. The van der Waals surface area contributed by atoms with Gasteiger partial charge in [0.1, 0.15) is 0 Å². The third-order valence-corrected chi connectivity index (χ3v) is 3.45. The van der Waals surface area contributed by atoms with E-state index in [-0.39, 0.29) is 5.78 Å². The van der Waals surface area contributed by atoms with Crippen LogP contribution in [0.4, 0.5) is 0 Å². The van der Waals surface area contributed by atoms with Gasteiger partial charge in [-0.15, -0.1) is 11.3 Å². The zero-order valence-corrected chi connectivity index (χ0v) is 9.65. The van der Waals surface area contributed by atoms with E-state index in [1.165, 1.54) is 11.3 Å². The van der Waals surface area contributed by atoms with Crippen molar-refractivity contribution in [1.82, 2.24) is 9.97 Å². The van der Waals surface area contributed by atoms with Gasteiger partial charge in [-0.1, -0.05) is 12.1 Å². The van der Waals surface area contributed by atoms with Gasteiger partial charge < -0.3 is 0 Å². The summed E-state index contributed by atoms with van der Waals surface area (Å²) in [6.07, 6.45) is 3.21. The van der Waals surface area contributed by atoms with Gasteiger partial charge in [-0.2, -0.15) is 0 Å². The molecule has 0 spiro atoms. The van der Waals surface area contributed by atoms with Crippen molar-refractivity contribution >= 4 is 27.3 Å². The van der Waals surface area contributed by atoms with Crippen molar-refractivity contribution in [2.45, 2.75) is 0 Å². The van der Waals surface area contributed by atoms with E-state index < -0.39 is 0 Å². The largest absolute Gasteiger partial charge is 0.286 e. The predicted octanol–water partition coefficient (Wildman–Crippen LogP) is 2.92. The topological polar surface area (TPSA) is 42.9 Å². The van der Waals surface area contributed by atoms with E-state index in [1.54, 1.807) is 24.5 Å². The molecule has 0 bridgehead atoms. The van der Waals surface area contributed by atoms with E-state index in [0.717, 1.165) is 10.2 Å². The van der Waals surface area contributed by atoms with E-state index in [9.17, 15) is 4.79 Å². The summed E-state index contributed by atoms with van der Waals surface area (Å²) in [5.74, 6) is -0.0701. The van der Waals surface area contributed by atoms with Crippen LogP contribution in [0, 0.1) is 0 Å². The Labute approximate surface area is 102 Å². The van der Waals surface area contributed by atoms with Gasteiger partial charge in [-0.05, 0) is 24.3 Å². The summed E-state index contributed by atoms with van der Waals surface area (Å²) in [4.78, 5) is 20.4. The smallest absolute Gasteiger partial charge is 0.223 e. The van der Waals surface area contributed by atoms with Crippen molar-refractivity contribution in [3.05, 3.63) is 59.4 Å². The van der Waals surface area contributed by atoms with Crippen molar-refractivity contribution in [3.63, 3.8) is 0 Å². The molecule has 0 saturated heterocycles. The number of hydrogen-bond donors (Lipinski definition) is 0. The van der Waals surface area contributed by atoms with Crippen molar-refractivity contribution in [2.75, 3.05) is 0 Å². The molecular formula is C13H8N2OS. The van der Waals surface area contributed by atoms with Crippen LogP contribution in [0.3, 0.4) is 0 Å². The highest BCUT2D eigenvalue weighted by Crippen LogP contribution is 2.23. The van der Waals surface area contributed by atoms with Gasteiger partial charge in [0.25, 0.3) is 0 Å². The van der Waals surface area contributed by atoms with E-state index in [1.807, 2.05) is 24.3 Å². The van der Waals surface area contributed by atoms with Crippen LogP contribution in [-0.4, -0.2) is 15.8 Å². The molecule has 0 N–H and O–H groups in total. The first-order valence-electron chi connectivity index (χ1n) is 5.15. The quantitative estimate of drug-likeness (QED) is 0.647. The molecule has 0 atom stereocenters. The van der Waals surface area contributed by atoms with Gasteiger partial charge in [0.05, 0.1) is 10.2 Å². The molecule has 2 heterocycles. The van der Waals surface area contributed by atoms with Crippen LogP contribution in [0.2, 0.25) is 0 Å². The monoisotopic (exact) mass is 240 g/mol. The SMILES string of the molecule is O=C(c1cccnc1)c1nc2ccccc2s1. The second kappa shape index (κ2) is 4.07. The fourth-order valence-corrected chi connectivity index (χ4v) is 2.52. The number of hydrogen-bond acceptors (Lipinski definition) is 4. The molecule has 0 aliphatic rings. The Bertz CT molecular complexity index is 643. The maximum atomic E-state index is 12.1. The Morgan fingerprint density at radius 3 is 2.76 bits per heavy atom. The van der Waals surface area contributed by atoms with Gasteiger partial charge in [-0.3, -0.25) is 9.78 Å². The summed E-state index contributed by atoms with van der Waals surface area (Å²) < 4.78 is 1.03. The number of carbonyl (C=O) groups is 1. The molecule has 0 aliphatic heterocycles. The first-order valence-corrected chi connectivity index (χ1v) is 5.96. The van der Waals surface area contributed by atoms with Gasteiger partial charge in [0.2, 0.25) is 5.78 Å². The molecule has 3 aromatic rings.